The van der Waals surface area contributed by atoms with Crippen molar-refractivity contribution >= 4 is 11.5 Å². The topological polar surface area (TPSA) is 52.3 Å². The molecule has 3 heteroatoms. The summed E-state index contributed by atoms with van der Waals surface area (Å²) in [6, 6.07) is 13.6. The minimum Gasteiger partial charge on any atom is -0.493 e. The van der Waals surface area contributed by atoms with E-state index >= 15 is 0 Å². The van der Waals surface area contributed by atoms with Gasteiger partial charge in [0.15, 0.2) is 5.78 Å². The van der Waals surface area contributed by atoms with E-state index in [9.17, 15) is 4.79 Å². The van der Waals surface area contributed by atoms with Gasteiger partial charge in [-0.1, -0.05) is 29.8 Å². The van der Waals surface area contributed by atoms with Crippen LogP contribution in [0.2, 0.25) is 0 Å². The number of ketones is 1. The van der Waals surface area contributed by atoms with Crippen LogP contribution in [0.4, 0.5) is 5.69 Å². The van der Waals surface area contributed by atoms with Gasteiger partial charge in [0, 0.05) is 17.7 Å². The van der Waals surface area contributed by atoms with Crippen LogP contribution < -0.4 is 10.5 Å². The van der Waals surface area contributed by atoms with Gasteiger partial charge in [0.05, 0.1) is 6.61 Å². The molecule has 2 aromatic carbocycles. The van der Waals surface area contributed by atoms with Gasteiger partial charge in [0.25, 0.3) is 0 Å². The number of hydrogen-bond donors (Lipinski definition) is 1. The highest BCUT2D eigenvalue weighted by Gasteiger charge is 2.24. The molecule has 0 radical (unpaired) electrons. The second-order valence-corrected chi connectivity index (χ2v) is 5.59. The van der Waals surface area contributed by atoms with E-state index in [-0.39, 0.29) is 11.7 Å². The lowest BCUT2D eigenvalue weighted by molar-refractivity contribution is 0.0966. The molecule has 3 nitrogen and oxygen atoms in total. The molecule has 108 valence electrons. The Morgan fingerprint density at radius 1 is 1.29 bits per heavy atom. The molecule has 0 amide bonds. The van der Waals surface area contributed by atoms with Crippen molar-refractivity contribution in [2.24, 2.45) is 0 Å². The second kappa shape index (κ2) is 5.60. The zero-order valence-corrected chi connectivity index (χ0v) is 12.1. The number of para-hydroxylation sites is 1. The number of ether oxygens (including phenoxy) is 1. The summed E-state index contributed by atoms with van der Waals surface area (Å²) in [5, 5.41) is 0. The molecular weight excluding hydrogens is 262 g/mol. The van der Waals surface area contributed by atoms with Crippen LogP contribution in [0.5, 0.6) is 5.75 Å². The third-order valence-corrected chi connectivity index (χ3v) is 4.02. The number of rotatable bonds is 3. The van der Waals surface area contributed by atoms with E-state index in [0.29, 0.717) is 24.3 Å². The number of anilines is 1. The second-order valence-electron chi connectivity index (χ2n) is 5.59. The lowest BCUT2D eigenvalue weighted by atomic mass is 9.87. The third-order valence-electron chi connectivity index (χ3n) is 4.02. The van der Waals surface area contributed by atoms with Gasteiger partial charge in [-0.15, -0.1) is 0 Å². The van der Waals surface area contributed by atoms with Crippen molar-refractivity contribution in [3.05, 3.63) is 59.2 Å². The zero-order chi connectivity index (χ0) is 14.8. The zero-order valence-electron chi connectivity index (χ0n) is 12.1. The van der Waals surface area contributed by atoms with E-state index in [1.165, 1.54) is 0 Å². The first-order valence-electron chi connectivity index (χ1n) is 7.26. The van der Waals surface area contributed by atoms with Crippen LogP contribution >= 0.6 is 0 Å². The van der Waals surface area contributed by atoms with Crippen LogP contribution in [-0.4, -0.2) is 12.4 Å². The Balaban J connectivity index is 1.84. The molecule has 21 heavy (non-hydrogen) atoms. The first kappa shape index (κ1) is 13.7. The smallest absolute Gasteiger partial charge is 0.165 e. The largest absolute Gasteiger partial charge is 0.493 e. The number of Topliss-reactive ketones (excluding diaryl/α,β-unsaturated/α-hetero) is 1. The number of aryl methyl sites for hydroxylation is 1. The molecule has 0 aromatic heterocycles. The fourth-order valence-corrected chi connectivity index (χ4v) is 2.87. The third kappa shape index (κ3) is 2.77. The normalized spacial score (nSPS) is 16.9. The minimum atomic E-state index is 0.109. The molecule has 2 aromatic rings. The molecule has 0 fully saturated rings. The Morgan fingerprint density at radius 2 is 2.10 bits per heavy atom. The highest BCUT2D eigenvalue weighted by Crippen LogP contribution is 2.36. The summed E-state index contributed by atoms with van der Waals surface area (Å²) in [6.07, 6.45) is 1.35. The van der Waals surface area contributed by atoms with Crippen molar-refractivity contribution in [3.63, 3.8) is 0 Å². The average molecular weight is 281 g/mol. The van der Waals surface area contributed by atoms with Crippen molar-refractivity contribution in [2.75, 3.05) is 12.3 Å². The molecule has 1 atom stereocenters. The van der Waals surface area contributed by atoms with Crippen LogP contribution in [0.15, 0.2) is 42.5 Å². The van der Waals surface area contributed by atoms with Gasteiger partial charge in [0.1, 0.15) is 5.75 Å². The summed E-state index contributed by atoms with van der Waals surface area (Å²) < 4.78 is 5.65. The summed E-state index contributed by atoms with van der Waals surface area (Å²) >= 11 is 0. The van der Waals surface area contributed by atoms with Gasteiger partial charge < -0.3 is 10.5 Å². The van der Waals surface area contributed by atoms with E-state index in [4.69, 9.17) is 10.5 Å². The molecule has 0 saturated carbocycles. The molecule has 1 aliphatic rings. The molecule has 0 bridgehead atoms. The number of nitrogen functional groups attached to an aromatic ring is 1. The van der Waals surface area contributed by atoms with Crippen molar-refractivity contribution in [1.82, 2.24) is 0 Å². The van der Waals surface area contributed by atoms with Crippen molar-refractivity contribution in [3.8, 4) is 5.75 Å². The van der Waals surface area contributed by atoms with Gasteiger partial charge in [-0.2, -0.15) is 0 Å². The molecule has 1 heterocycles. The minimum absolute atomic E-state index is 0.109. The predicted molar refractivity (Wildman–Crippen MR) is 83.8 cm³/mol. The van der Waals surface area contributed by atoms with Crippen LogP contribution in [0, 0.1) is 6.92 Å². The summed E-state index contributed by atoms with van der Waals surface area (Å²) in [5.41, 5.74) is 9.33. The number of carbonyl (C=O) groups excluding carboxylic acids is 1. The van der Waals surface area contributed by atoms with Gasteiger partial charge in [-0.25, -0.2) is 0 Å². The lowest BCUT2D eigenvalue weighted by Crippen LogP contribution is -2.17. The van der Waals surface area contributed by atoms with Gasteiger partial charge in [-0.3, -0.25) is 4.79 Å². The monoisotopic (exact) mass is 281 g/mol. The Morgan fingerprint density at radius 3 is 2.95 bits per heavy atom. The van der Waals surface area contributed by atoms with Gasteiger partial charge in [-0.05, 0) is 43.0 Å². The van der Waals surface area contributed by atoms with E-state index in [1.54, 1.807) is 6.07 Å². The quantitative estimate of drug-likeness (QED) is 0.689. The van der Waals surface area contributed by atoms with Gasteiger partial charge in [0.2, 0.25) is 0 Å². The molecule has 1 unspecified atom stereocenters. The van der Waals surface area contributed by atoms with Crippen LogP contribution in [0.3, 0.4) is 0 Å². The highest BCUT2D eigenvalue weighted by atomic mass is 16.5. The van der Waals surface area contributed by atoms with Crippen LogP contribution in [-0.2, 0) is 0 Å². The van der Waals surface area contributed by atoms with Gasteiger partial charge >= 0.3 is 0 Å². The molecule has 1 aliphatic heterocycles. The van der Waals surface area contributed by atoms with Crippen LogP contribution in [0.25, 0.3) is 0 Å². The maximum absolute atomic E-state index is 12.6. The molecule has 0 spiro atoms. The van der Waals surface area contributed by atoms with E-state index < -0.39 is 0 Å². The van der Waals surface area contributed by atoms with Crippen molar-refractivity contribution < 1.29 is 9.53 Å². The number of fused-ring (bicyclic) bond motifs is 1. The Kier molecular flexibility index (Phi) is 3.65. The predicted octanol–water partition coefficient (Wildman–Crippen LogP) is 3.72. The molecular formula is C18H19NO2. The standard InChI is InChI=1S/C18H19NO2/c1-12-6-7-16(19)15(10-12)17(20)11-13-8-9-21-18-5-3-2-4-14(13)18/h2-7,10,13H,8-9,11,19H2,1H3. The molecule has 0 aliphatic carbocycles. The summed E-state index contributed by atoms with van der Waals surface area (Å²) in [5.74, 6) is 1.22. The maximum atomic E-state index is 12.6. The Labute approximate surface area is 124 Å². The van der Waals surface area contributed by atoms with Crippen LogP contribution in [0.1, 0.15) is 40.2 Å². The first-order valence-corrected chi connectivity index (χ1v) is 7.26. The molecule has 3 rings (SSSR count). The van der Waals surface area contributed by atoms with E-state index in [1.807, 2.05) is 43.3 Å². The number of benzene rings is 2. The van der Waals surface area contributed by atoms with Crippen molar-refractivity contribution in [1.29, 1.82) is 0 Å². The SMILES string of the molecule is Cc1ccc(N)c(C(=O)CC2CCOc3ccccc32)c1. The Hall–Kier alpha value is -2.29. The maximum Gasteiger partial charge on any atom is 0.165 e. The Bertz CT molecular complexity index is 679. The fraction of sp³-hybridized carbons (Fsp3) is 0.278. The summed E-state index contributed by atoms with van der Waals surface area (Å²) in [4.78, 5) is 12.6. The number of nitrogens with two attached hydrogens (primary N) is 1. The fourth-order valence-electron chi connectivity index (χ4n) is 2.87. The number of carbonyl (C=O) groups is 1. The molecule has 2 N–H and O–H groups in total. The molecule has 0 saturated heterocycles. The summed E-state index contributed by atoms with van der Waals surface area (Å²) in [7, 11) is 0. The highest BCUT2D eigenvalue weighted by molar-refractivity contribution is 6.01. The average Bonchev–Trinajstić information content (AvgIpc) is 2.50. The number of hydrogen-bond acceptors (Lipinski definition) is 3. The summed E-state index contributed by atoms with van der Waals surface area (Å²) in [6.45, 7) is 2.64. The van der Waals surface area contributed by atoms with Crippen molar-refractivity contribution in [2.45, 2.75) is 25.7 Å². The van der Waals surface area contributed by atoms with E-state index in [2.05, 4.69) is 0 Å². The lowest BCUT2D eigenvalue weighted by Gasteiger charge is -2.25. The first-order chi connectivity index (χ1) is 10.1. The van der Waals surface area contributed by atoms with E-state index in [0.717, 1.165) is 23.3 Å².